The summed E-state index contributed by atoms with van der Waals surface area (Å²) in [5, 5.41) is 13.6. The van der Waals surface area contributed by atoms with E-state index in [9.17, 15) is 5.11 Å². The van der Waals surface area contributed by atoms with Gasteiger partial charge in [-0.3, -0.25) is 0 Å². The molecule has 0 unspecified atom stereocenters. The molecule has 1 saturated carbocycles. The van der Waals surface area contributed by atoms with Gasteiger partial charge in [0.25, 0.3) is 0 Å². The number of nitrogens with one attached hydrogen (secondary N) is 1. The van der Waals surface area contributed by atoms with E-state index in [0.717, 1.165) is 31.0 Å². The van der Waals surface area contributed by atoms with Crippen LogP contribution in [0.4, 0.5) is 0 Å². The van der Waals surface area contributed by atoms with Crippen molar-refractivity contribution in [2.24, 2.45) is 5.92 Å². The van der Waals surface area contributed by atoms with Gasteiger partial charge in [0, 0.05) is 25.7 Å². The van der Waals surface area contributed by atoms with E-state index >= 15 is 0 Å². The van der Waals surface area contributed by atoms with Crippen molar-refractivity contribution in [1.29, 1.82) is 0 Å². The lowest BCUT2D eigenvalue weighted by molar-refractivity contribution is 0.159. The third-order valence-electron chi connectivity index (χ3n) is 3.75. The molecule has 2 aliphatic rings. The number of rotatable bonds is 2. The molecule has 0 aromatic rings. The van der Waals surface area contributed by atoms with Crippen molar-refractivity contribution in [1.82, 2.24) is 10.2 Å². The SMILES string of the molecule is OC[C@H]1CCCN(C(=S)NC2CCCC2)C1. The molecular formula is C12H22N2OS. The fourth-order valence-corrected chi connectivity index (χ4v) is 3.07. The molecular weight excluding hydrogens is 220 g/mol. The number of nitrogens with zero attached hydrogens (tertiary/aromatic N) is 1. The summed E-state index contributed by atoms with van der Waals surface area (Å²) < 4.78 is 0. The Balaban J connectivity index is 1.79. The molecule has 0 aromatic carbocycles. The molecule has 0 aromatic heterocycles. The Labute approximate surface area is 103 Å². The molecule has 0 radical (unpaired) electrons. The number of likely N-dealkylation sites (tertiary alicyclic amines) is 1. The lowest BCUT2D eigenvalue weighted by atomic mass is 9.99. The second kappa shape index (κ2) is 5.82. The molecule has 1 aliphatic carbocycles. The van der Waals surface area contributed by atoms with Crippen molar-refractivity contribution in [2.75, 3.05) is 19.7 Å². The average molecular weight is 242 g/mol. The van der Waals surface area contributed by atoms with Crippen molar-refractivity contribution in [3.8, 4) is 0 Å². The quantitative estimate of drug-likeness (QED) is 0.720. The first-order valence-electron chi connectivity index (χ1n) is 6.46. The molecule has 3 nitrogen and oxygen atoms in total. The van der Waals surface area contributed by atoms with Crippen molar-refractivity contribution in [3.63, 3.8) is 0 Å². The lowest BCUT2D eigenvalue weighted by Gasteiger charge is -2.34. The predicted octanol–water partition coefficient (Wildman–Crippen LogP) is 1.51. The summed E-state index contributed by atoms with van der Waals surface area (Å²) in [5.41, 5.74) is 0. The molecule has 1 aliphatic heterocycles. The summed E-state index contributed by atoms with van der Waals surface area (Å²) >= 11 is 5.44. The molecule has 0 amide bonds. The zero-order chi connectivity index (χ0) is 11.4. The Kier molecular flexibility index (Phi) is 4.41. The van der Waals surface area contributed by atoms with E-state index in [1.165, 1.54) is 25.7 Å². The molecule has 16 heavy (non-hydrogen) atoms. The topological polar surface area (TPSA) is 35.5 Å². The van der Waals surface area contributed by atoms with Gasteiger partial charge >= 0.3 is 0 Å². The van der Waals surface area contributed by atoms with Crippen LogP contribution in [0.1, 0.15) is 38.5 Å². The Morgan fingerprint density at radius 1 is 1.25 bits per heavy atom. The maximum Gasteiger partial charge on any atom is 0.169 e. The minimum absolute atomic E-state index is 0.294. The summed E-state index contributed by atoms with van der Waals surface area (Å²) in [7, 11) is 0. The molecule has 2 rings (SSSR count). The monoisotopic (exact) mass is 242 g/mol. The first-order chi connectivity index (χ1) is 7.79. The highest BCUT2D eigenvalue weighted by molar-refractivity contribution is 7.80. The van der Waals surface area contributed by atoms with Crippen LogP contribution in [0.3, 0.4) is 0 Å². The zero-order valence-corrected chi connectivity index (χ0v) is 10.6. The minimum atomic E-state index is 0.294. The Morgan fingerprint density at radius 3 is 2.69 bits per heavy atom. The summed E-state index contributed by atoms with van der Waals surface area (Å²) in [4.78, 5) is 2.23. The number of aliphatic hydroxyl groups is 1. The molecule has 2 N–H and O–H groups in total. The van der Waals surface area contributed by atoms with Gasteiger partial charge in [-0.05, 0) is 43.8 Å². The number of piperidine rings is 1. The number of hydrogen-bond donors (Lipinski definition) is 2. The molecule has 0 bridgehead atoms. The Hall–Kier alpha value is -0.350. The van der Waals surface area contributed by atoms with E-state index < -0.39 is 0 Å². The summed E-state index contributed by atoms with van der Waals surface area (Å²) in [6.07, 6.45) is 7.48. The summed E-state index contributed by atoms with van der Waals surface area (Å²) in [6, 6.07) is 0.599. The van der Waals surface area contributed by atoms with E-state index in [0.29, 0.717) is 18.6 Å². The van der Waals surface area contributed by atoms with Gasteiger partial charge in [-0.2, -0.15) is 0 Å². The van der Waals surface area contributed by atoms with E-state index in [-0.39, 0.29) is 0 Å². The third kappa shape index (κ3) is 3.08. The van der Waals surface area contributed by atoms with Crippen LogP contribution >= 0.6 is 12.2 Å². The highest BCUT2D eigenvalue weighted by Crippen LogP contribution is 2.19. The predicted molar refractivity (Wildman–Crippen MR) is 69.4 cm³/mol. The molecule has 2 fully saturated rings. The van der Waals surface area contributed by atoms with Gasteiger partial charge in [0.1, 0.15) is 0 Å². The molecule has 1 heterocycles. The number of hydrogen-bond acceptors (Lipinski definition) is 2. The van der Waals surface area contributed by atoms with Crippen molar-refractivity contribution < 1.29 is 5.11 Å². The standard InChI is InChI=1S/C12H22N2OS/c15-9-10-4-3-7-14(8-10)12(16)13-11-5-1-2-6-11/h10-11,15H,1-9H2,(H,13,16)/t10-/m0/s1. The number of aliphatic hydroxyl groups excluding tert-OH is 1. The second-order valence-corrected chi connectivity index (χ2v) is 5.45. The van der Waals surface area contributed by atoms with Crippen molar-refractivity contribution in [3.05, 3.63) is 0 Å². The Bertz CT molecular complexity index is 241. The van der Waals surface area contributed by atoms with Crippen LogP contribution in [0, 0.1) is 5.92 Å². The fourth-order valence-electron chi connectivity index (χ4n) is 2.73. The van der Waals surface area contributed by atoms with Gasteiger partial charge in [0.2, 0.25) is 0 Å². The first kappa shape index (κ1) is 12.1. The Morgan fingerprint density at radius 2 is 2.00 bits per heavy atom. The highest BCUT2D eigenvalue weighted by atomic mass is 32.1. The summed E-state index contributed by atoms with van der Waals surface area (Å²) in [6.45, 7) is 2.27. The largest absolute Gasteiger partial charge is 0.396 e. The van der Waals surface area contributed by atoms with Crippen LogP contribution in [0.2, 0.25) is 0 Å². The van der Waals surface area contributed by atoms with E-state index in [2.05, 4.69) is 10.2 Å². The smallest absolute Gasteiger partial charge is 0.169 e. The van der Waals surface area contributed by atoms with Crippen molar-refractivity contribution in [2.45, 2.75) is 44.6 Å². The van der Waals surface area contributed by atoms with Crippen LogP contribution in [-0.2, 0) is 0 Å². The molecule has 1 atom stereocenters. The minimum Gasteiger partial charge on any atom is -0.396 e. The first-order valence-corrected chi connectivity index (χ1v) is 6.86. The van der Waals surface area contributed by atoms with Crippen LogP contribution in [0.15, 0.2) is 0 Å². The van der Waals surface area contributed by atoms with Gasteiger partial charge < -0.3 is 15.3 Å². The van der Waals surface area contributed by atoms with Gasteiger partial charge in [-0.25, -0.2) is 0 Å². The third-order valence-corrected chi connectivity index (χ3v) is 4.12. The van der Waals surface area contributed by atoms with E-state index in [1.54, 1.807) is 0 Å². The van der Waals surface area contributed by atoms with E-state index in [1.807, 2.05) is 0 Å². The molecule has 1 saturated heterocycles. The second-order valence-electron chi connectivity index (χ2n) is 5.07. The summed E-state index contributed by atoms with van der Waals surface area (Å²) in [5.74, 6) is 0.414. The zero-order valence-electron chi connectivity index (χ0n) is 9.82. The number of thiocarbonyl (C=S) groups is 1. The van der Waals surface area contributed by atoms with Gasteiger partial charge in [-0.1, -0.05) is 12.8 Å². The highest BCUT2D eigenvalue weighted by Gasteiger charge is 2.23. The maximum atomic E-state index is 9.18. The fraction of sp³-hybridized carbons (Fsp3) is 0.917. The van der Waals surface area contributed by atoms with Crippen LogP contribution in [0.5, 0.6) is 0 Å². The normalized spacial score (nSPS) is 27.1. The molecule has 92 valence electrons. The van der Waals surface area contributed by atoms with Crippen LogP contribution in [-0.4, -0.2) is 40.9 Å². The van der Waals surface area contributed by atoms with Gasteiger partial charge in [-0.15, -0.1) is 0 Å². The van der Waals surface area contributed by atoms with Gasteiger partial charge in [0.05, 0.1) is 0 Å². The molecule has 0 spiro atoms. The molecule has 4 heteroatoms. The van der Waals surface area contributed by atoms with Crippen LogP contribution in [0.25, 0.3) is 0 Å². The average Bonchev–Trinajstić information content (AvgIpc) is 2.82. The maximum absolute atomic E-state index is 9.18. The lowest BCUT2D eigenvalue weighted by Crippen LogP contribution is -2.48. The van der Waals surface area contributed by atoms with Crippen LogP contribution < -0.4 is 5.32 Å². The van der Waals surface area contributed by atoms with Crippen molar-refractivity contribution >= 4 is 17.3 Å². The van der Waals surface area contributed by atoms with E-state index in [4.69, 9.17) is 12.2 Å². The van der Waals surface area contributed by atoms with Gasteiger partial charge in [0.15, 0.2) is 5.11 Å².